The van der Waals surface area contributed by atoms with Crippen molar-refractivity contribution < 1.29 is 13.2 Å². The van der Waals surface area contributed by atoms with Gasteiger partial charge in [-0.1, -0.05) is 48.5 Å². The number of benzene rings is 3. The highest BCUT2D eigenvalue weighted by molar-refractivity contribution is 7.90. The number of aromatic nitrogens is 1. The van der Waals surface area contributed by atoms with Gasteiger partial charge in [-0.25, -0.2) is 12.4 Å². The third-order valence-electron chi connectivity index (χ3n) is 4.33. The first-order chi connectivity index (χ1) is 12.6. The van der Waals surface area contributed by atoms with Gasteiger partial charge in [0, 0.05) is 5.39 Å². The van der Waals surface area contributed by atoms with Gasteiger partial charge in [-0.15, -0.1) is 0 Å². The van der Waals surface area contributed by atoms with Crippen LogP contribution in [0, 0.1) is 0 Å². The van der Waals surface area contributed by atoms with Gasteiger partial charge in [0.1, 0.15) is 5.75 Å². The Bertz CT molecular complexity index is 1160. The molecule has 5 heteroatoms. The summed E-state index contributed by atoms with van der Waals surface area (Å²) >= 11 is 0. The summed E-state index contributed by atoms with van der Waals surface area (Å²) in [5, 5.41) is 0.878. The molecule has 0 amide bonds. The van der Waals surface area contributed by atoms with E-state index in [2.05, 4.69) is 0 Å². The summed E-state index contributed by atoms with van der Waals surface area (Å²) in [6.45, 7) is 0. The molecule has 0 radical (unpaired) electrons. The minimum atomic E-state index is -3.76. The van der Waals surface area contributed by atoms with Crippen molar-refractivity contribution in [3.8, 4) is 17.0 Å². The van der Waals surface area contributed by atoms with Crippen LogP contribution >= 0.6 is 0 Å². The Kier molecular flexibility index (Phi) is 4.01. The van der Waals surface area contributed by atoms with E-state index in [-0.39, 0.29) is 4.90 Å². The molecule has 0 bridgehead atoms. The van der Waals surface area contributed by atoms with Crippen LogP contribution in [-0.4, -0.2) is 19.5 Å². The Morgan fingerprint density at radius 1 is 0.808 bits per heavy atom. The number of rotatable bonds is 4. The molecule has 4 aromatic rings. The van der Waals surface area contributed by atoms with Gasteiger partial charge in [-0.2, -0.15) is 0 Å². The third-order valence-corrected chi connectivity index (χ3v) is 6.08. The summed E-state index contributed by atoms with van der Waals surface area (Å²) in [5.74, 6) is 0.615. The quantitative estimate of drug-likeness (QED) is 0.534. The summed E-state index contributed by atoms with van der Waals surface area (Å²) < 4.78 is 33.4. The van der Waals surface area contributed by atoms with Crippen LogP contribution in [0.4, 0.5) is 0 Å². The predicted molar refractivity (Wildman–Crippen MR) is 103 cm³/mol. The number of ether oxygens (including phenoxy) is 1. The molecule has 0 spiro atoms. The zero-order chi connectivity index (χ0) is 18.1. The summed E-state index contributed by atoms with van der Waals surface area (Å²) in [7, 11) is -2.21. The molecular formula is C21H17NO3S. The second-order valence-corrected chi connectivity index (χ2v) is 7.69. The summed E-state index contributed by atoms with van der Waals surface area (Å²) in [4.78, 5) is 0.219. The maximum absolute atomic E-state index is 13.4. The number of para-hydroxylation sites is 1. The van der Waals surface area contributed by atoms with Gasteiger partial charge >= 0.3 is 0 Å². The molecule has 3 aromatic carbocycles. The SMILES string of the molecule is COc1ccc(S(=O)(=O)n2c(-c3ccccc3)cc3ccccc32)cc1. The summed E-state index contributed by atoms with van der Waals surface area (Å²) in [6.07, 6.45) is 0. The Balaban J connectivity index is 2.00. The second-order valence-electron chi connectivity index (χ2n) is 5.90. The standard InChI is InChI=1S/C21H17NO3S/c1-25-18-11-13-19(14-12-18)26(23,24)22-20-10-6-5-9-17(20)15-21(22)16-7-3-2-4-8-16/h2-15H,1H3. The number of hydrogen-bond donors (Lipinski definition) is 0. The second kappa shape index (κ2) is 6.35. The lowest BCUT2D eigenvalue weighted by molar-refractivity contribution is 0.414. The molecule has 4 rings (SSSR count). The monoisotopic (exact) mass is 363 g/mol. The first-order valence-electron chi connectivity index (χ1n) is 8.17. The molecule has 1 aromatic heterocycles. The summed E-state index contributed by atoms with van der Waals surface area (Å²) in [6, 6.07) is 25.4. The van der Waals surface area contributed by atoms with Crippen LogP contribution in [0.25, 0.3) is 22.2 Å². The van der Waals surface area contributed by atoms with Crippen molar-refractivity contribution in [2.45, 2.75) is 4.90 Å². The van der Waals surface area contributed by atoms with E-state index in [1.165, 1.54) is 3.97 Å². The van der Waals surface area contributed by atoms with Crippen LogP contribution in [0.5, 0.6) is 5.75 Å². The minimum Gasteiger partial charge on any atom is -0.497 e. The first-order valence-corrected chi connectivity index (χ1v) is 9.61. The van der Waals surface area contributed by atoms with E-state index in [0.717, 1.165) is 10.9 Å². The van der Waals surface area contributed by atoms with Crippen LogP contribution in [0.2, 0.25) is 0 Å². The van der Waals surface area contributed by atoms with Crippen molar-refractivity contribution >= 4 is 20.9 Å². The number of methoxy groups -OCH3 is 1. The van der Waals surface area contributed by atoms with Crippen molar-refractivity contribution in [2.24, 2.45) is 0 Å². The van der Waals surface area contributed by atoms with Crippen molar-refractivity contribution in [3.05, 3.63) is 84.9 Å². The van der Waals surface area contributed by atoms with Crippen molar-refractivity contribution in [1.82, 2.24) is 3.97 Å². The average Bonchev–Trinajstić information content (AvgIpc) is 3.09. The van der Waals surface area contributed by atoms with Gasteiger partial charge in [0.25, 0.3) is 10.0 Å². The predicted octanol–water partition coefficient (Wildman–Crippen LogP) is 4.55. The van der Waals surface area contributed by atoms with E-state index in [0.29, 0.717) is 17.0 Å². The molecule has 4 nitrogen and oxygen atoms in total. The Morgan fingerprint density at radius 3 is 2.15 bits per heavy atom. The lowest BCUT2D eigenvalue weighted by atomic mass is 10.1. The number of fused-ring (bicyclic) bond motifs is 1. The van der Waals surface area contributed by atoms with E-state index in [1.54, 1.807) is 31.4 Å². The van der Waals surface area contributed by atoms with Crippen LogP contribution < -0.4 is 4.74 Å². The van der Waals surface area contributed by atoms with E-state index >= 15 is 0 Å². The highest BCUT2D eigenvalue weighted by Crippen LogP contribution is 2.32. The minimum absolute atomic E-state index is 0.219. The molecule has 0 fully saturated rings. The fourth-order valence-electron chi connectivity index (χ4n) is 3.05. The molecule has 0 unspecified atom stereocenters. The topological polar surface area (TPSA) is 48.3 Å². The Morgan fingerprint density at radius 2 is 1.46 bits per heavy atom. The zero-order valence-electron chi connectivity index (χ0n) is 14.2. The van der Waals surface area contributed by atoms with E-state index in [9.17, 15) is 8.42 Å². The molecule has 0 N–H and O–H groups in total. The molecule has 0 saturated carbocycles. The molecule has 1 heterocycles. The highest BCUT2D eigenvalue weighted by atomic mass is 32.2. The fourth-order valence-corrected chi connectivity index (χ4v) is 4.58. The molecule has 26 heavy (non-hydrogen) atoms. The molecule has 0 aliphatic carbocycles. The normalized spacial score (nSPS) is 11.6. The number of nitrogens with zero attached hydrogens (tertiary/aromatic N) is 1. The smallest absolute Gasteiger partial charge is 0.268 e. The summed E-state index contributed by atoms with van der Waals surface area (Å²) in [5.41, 5.74) is 2.14. The maximum Gasteiger partial charge on any atom is 0.268 e. The van der Waals surface area contributed by atoms with Gasteiger partial charge in [0.2, 0.25) is 0 Å². The van der Waals surface area contributed by atoms with Crippen molar-refractivity contribution in [2.75, 3.05) is 7.11 Å². The van der Waals surface area contributed by atoms with E-state index in [4.69, 9.17) is 4.74 Å². The molecule has 0 aliphatic heterocycles. The van der Waals surface area contributed by atoms with Gasteiger partial charge in [-0.05, 0) is 42.0 Å². The zero-order valence-corrected chi connectivity index (χ0v) is 15.0. The highest BCUT2D eigenvalue weighted by Gasteiger charge is 2.23. The Labute approximate surface area is 152 Å². The van der Waals surface area contributed by atoms with E-state index < -0.39 is 10.0 Å². The van der Waals surface area contributed by atoms with Crippen LogP contribution in [0.15, 0.2) is 89.8 Å². The van der Waals surface area contributed by atoms with Crippen LogP contribution in [0.1, 0.15) is 0 Å². The Hall–Kier alpha value is -3.05. The van der Waals surface area contributed by atoms with Gasteiger partial charge in [-0.3, -0.25) is 0 Å². The lowest BCUT2D eigenvalue weighted by Crippen LogP contribution is -2.14. The number of hydrogen-bond acceptors (Lipinski definition) is 3. The van der Waals surface area contributed by atoms with Crippen LogP contribution in [0.3, 0.4) is 0 Å². The molecule has 130 valence electrons. The van der Waals surface area contributed by atoms with Crippen molar-refractivity contribution in [1.29, 1.82) is 0 Å². The average molecular weight is 363 g/mol. The molecule has 0 saturated heterocycles. The molecule has 0 atom stereocenters. The fraction of sp³-hybridized carbons (Fsp3) is 0.0476. The van der Waals surface area contributed by atoms with Gasteiger partial charge in [0.05, 0.1) is 23.2 Å². The molecular weight excluding hydrogens is 346 g/mol. The lowest BCUT2D eigenvalue weighted by Gasteiger charge is -2.12. The van der Waals surface area contributed by atoms with Gasteiger partial charge in [0.15, 0.2) is 0 Å². The van der Waals surface area contributed by atoms with Crippen LogP contribution in [-0.2, 0) is 10.0 Å². The van der Waals surface area contributed by atoms with E-state index in [1.807, 2.05) is 60.7 Å². The third kappa shape index (κ3) is 2.66. The van der Waals surface area contributed by atoms with Gasteiger partial charge < -0.3 is 4.74 Å². The largest absolute Gasteiger partial charge is 0.497 e. The first kappa shape index (κ1) is 16.4. The van der Waals surface area contributed by atoms with Crippen molar-refractivity contribution in [3.63, 3.8) is 0 Å². The maximum atomic E-state index is 13.4. The molecule has 0 aliphatic rings.